The van der Waals surface area contributed by atoms with Crippen molar-refractivity contribution in [2.45, 2.75) is 19.9 Å². The first kappa shape index (κ1) is 8.27. The Labute approximate surface area is 65.2 Å². The third-order valence-corrected chi connectivity index (χ3v) is 1.64. The zero-order chi connectivity index (χ0) is 8.43. The van der Waals surface area contributed by atoms with E-state index in [4.69, 9.17) is 10.2 Å². The van der Waals surface area contributed by atoms with Crippen LogP contribution in [0.1, 0.15) is 25.6 Å². The van der Waals surface area contributed by atoms with E-state index >= 15 is 0 Å². The van der Waals surface area contributed by atoms with Crippen LogP contribution in [-0.2, 0) is 0 Å². The zero-order valence-electron chi connectivity index (χ0n) is 6.67. The van der Waals surface area contributed by atoms with Crippen LogP contribution in [0.5, 0.6) is 0 Å². The highest BCUT2D eigenvalue weighted by Crippen LogP contribution is 2.19. The molecule has 3 heteroatoms. The molecule has 0 spiro atoms. The summed E-state index contributed by atoms with van der Waals surface area (Å²) in [5.41, 5.74) is 5.69. The summed E-state index contributed by atoms with van der Waals surface area (Å²) in [5, 5.41) is 0. The fourth-order valence-corrected chi connectivity index (χ4v) is 0.836. The topological polar surface area (TPSA) is 39.2 Å². The number of hydrogen-bond acceptors (Lipinski definition) is 2. The second-order valence-corrected chi connectivity index (χ2v) is 2.91. The molecule has 1 heterocycles. The Morgan fingerprint density at radius 3 is 2.45 bits per heavy atom. The van der Waals surface area contributed by atoms with Crippen molar-refractivity contribution in [1.29, 1.82) is 0 Å². The molecule has 0 aliphatic rings. The van der Waals surface area contributed by atoms with Crippen molar-refractivity contribution in [2.75, 3.05) is 0 Å². The molecule has 0 amide bonds. The fourth-order valence-electron chi connectivity index (χ4n) is 0.836. The normalized spacial score (nSPS) is 13.9. The van der Waals surface area contributed by atoms with E-state index in [9.17, 15) is 4.39 Å². The minimum absolute atomic E-state index is 0.209. The van der Waals surface area contributed by atoms with E-state index in [1.54, 1.807) is 6.07 Å². The van der Waals surface area contributed by atoms with Gasteiger partial charge in [0.25, 0.3) is 6.01 Å². The van der Waals surface area contributed by atoms with Gasteiger partial charge < -0.3 is 10.2 Å². The van der Waals surface area contributed by atoms with E-state index in [0.29, 0.717) is 5.76 Å². The third kappa shape index (κ3) is 1.80. The SMILES string of the molecule is CC(C)[C@@H](N)c1ccc(F)o1. The van der Waals surface area contributed by atoms with Gasteiger partial charge in [-0.05, 0) is 12.0 Å². The van der Waals surface area contributed by atoms with Gasteiger partial charge >= 0.3 is 0 Å². The molecule has 11 heavy (non-hydrogen) atoms. The Hall–Kier alpha value is -0.830. The summed E-state index contributed by atoms with van der Waals surface area (Å²) in [5.74, 6) is 0.776. The lowest BCUT2D eigenvalue weighted by Crippen LogP contribution is -2.15. The maximum absolute atomic E-state index is 12.3. The van der Waals surface area contributed by atoms with E-state index in [0.717, 1.165) is 0 Å². The van der Waals surface area contributed by atoms with Crippen LogP contribution in [0.15, 0.2) is 16.5 Å². The van der Waals surface area contributed by atoms with Gasteiger partial charge in [-0.2, -0.15) is 4.39 Å². The summed E-state index contributed by atoms with van der Waals surface area (Å²) in [6, 6.07) is 2.06. The van der Waals surface area contributed by atoms with Gasteiger partial charge in [-0.15, -0.1) is 0 Å². The predicted octanol–water partition coefficient (Wildman–Crippen LogP) is 2.07. The average Bonchev–Trinajstić information content (AvgIpc) is 2.34. The van der Waals surface area contributed by atoms with E-state index in [1.165, 1.54) is 6.07 Å². The summed E-state index contributed by atoms with van der Waals surface area (Å²) in [6.45, 7) is 3.93. The molecule has 0 fully saturated rings. The maximum Gasteiger partial charge on any atom is 0.277 e. The molecule has 0 unspecified atom stereocenters. The number of halogens is 1. The molecule has 0 aliphatic carbocycles. The van der Waals surface area contributed by atoms with Crippen LogP contribution in [0.4, 0.5) is 4.39 Å². The molecule has 62 valence electrons. The Kier molecular flexibility index (Phi) is 2.29. The lowest BCUT2D eigenvalue weighted by molar-refractivity contribution is 0.307. The highest BCUT2D eigenvalue weighted by molar-refractivity contribution is 5.05. The van der Waals surface area contributed by atoms with E-state index in [1.807, 2.05) is 13.8 Å². The van der Waals surface area contributed by atoms with Crippen LogP contribution < -0.4 is 5.73 Å². The highest BCUT2D eigenvalue weighted by atomic mass is 19.1. The summed E-state index contributed by atoms with van der Waals surface area (Å²) in [6.07, 6.45) is 0. The molecule has 1 aromatic heterocycles. The van der Waals surface area contributed by atoms with Gasteiger partial charge in [-0.3, -0.25) is 0 Å². The van der Waals surface area contributed by atoms with Gasteiger partial charge in [-0.25, -0.2) is 0 Å². The Balaban J connectivity index is 2.76. The monoisotopic (exact) mass is 157 g/mol. The van der Waals surface area contributed by atoms with Crippen molar-refractivity contribution in [1.82, 2.24) is 0 Å². The van der Waals surface area contributed by atoms with Crippen molar-refractivity contribution in [2.24, 2.45) is 11.7 Å². The number of hydrogen-bond donors (Lipinski definition) is 1. The predicted molar refractivity (Wildman–Crippen MR) is 40.4 cm³/mol. The number of nitrogens with two attached hydrogens (primary N) is 1. The Bertz CT molecular complexity index is 232. The third-order valence-electron chi connectivity index (χ3n) is 1.64. The molecule has 0 bridgehead atoms. The first-order chi connectivity index (χ1) is 5.11. The second kappa shape index (κ2) is 3.05. The zero-order valence-corrected chi connectivity index (χ0v) is 6.67. The lowest BCUT2D eigenvalue weighted by Gasteiger charge is -2.11. The first-order valence-electron chi connectivity index (χ1n) is 3.62. The van der Waals surface area contributed by atoms with Crippen LogP contribution >= 0.6 is 0 Å². The smallest absolute Gasteiger partial charge is 0.277 e. The van der Waals surface area contributed by atoms with Gasteiger partial charge in [0.2, 0.25) is 0 Å². The molecule has 2 nitrogen and oxygen atoms in total. The van der Waals surface area contributed by atoms with E-state index in [2.05, 4.69) is 0 Å². The second-order valence-electron chi connectivity index (χ2n) is 2.91. The molecule has 2 N–H and O–H groups in total. The summed E-state index contributed by atoms with van der Waals surface area (Å²) in [4.78, 5) is 0. The maximum atomic E-state index is 12.3. The van der Waals surface area contributed by atoms with E-state index in [-0.39, 0.29) is 12.0 Å². The standard InChI is InChI=1S/C8H12FNO/c1-5(2)8(10)6-3-4-7(9)11-6/h3-5,8H,10H2,1-2H3/t8-/m1/s1. The molecule has 1 rings (SSSR count). The molecule has 0 aromatic carbocycles. The van der Waals surface area contributed by atoms with Crippen molar-refractivity contribution >= 4 is 0 Å². The quantitative estimate of drug-likeness (QED) is 0.713. The Morgan fingerprint density at radius 1 is 1.45 bits per heavy atom. The summed E-state index contributed by atoms with van der Waals surface area (Å²) < 4.78 is 17.0. The molecule has 0 aliphatic heterocycles. The molecular formula is C8H12FNO. The van der Waals surface area contributed by atoms with Crippen LogP contribution in [-0.4, -0.2) is 0 Å². The van der Waals surface area contributed by atoms with Crippen molar-refractivity contribution < 1.29 is 8.81 Å². The molecular weight excluding hydrogens is 145 g/mol. The van der Waals surface area contributed by atoms with Gasteiger partial charge in [0.15, 0.2) is 0 Å². The fraction of sp³-hybridized carbons (Fsp3) is 0.500. The largest absolute Gasteiger partial charge is 0.434 e. The van der Waals surface area contributed by atoms with Crippen molar-refractivity contribution in [3.05, 3.63) is 23.9 Å². The molecule has 0 radical (unpaired) electrons. The van der Waals surface area contributed by atoms with Crippen molar-refractivity contribution in [3.8, 4) is 0 Å². The molecule has 0 saturated heterocycles. The highest BCUT2D eigenvalue weighted by Gasteiger charge is 2.14. The van der Waals surface area contributed by atoms with Crippen LogP contribution in [0.25, 0.3) is 0 Å². The minimum Gasteiger partial charge on any atom is -0.434 e. The summed E-state index contributed by atoms with van der Waals surface area (Å²) >= 11 is 0. The van der Waals surface area contributed by atoms with Gasteiger partial charge in [0, 0.05) is 6.07 Å². The average molecular weight is 157 g/mol. The van der Waals surface area contributed by atoms with Crippen LogP contribution in [0.3, 0.4) is 0 Å². The minimum atomic E-state index is -0.573. The van der Waals surface area contributed by atoms with Crippen molar-refractivity contribution in [3.63, 3.8) is 0 Å². The van der Waals surface area contributed by atoms with Gasteiger partial charge in [0.1, 0.15) is 5.76 Å². The molecule has 0 saturated carbocycles. The Morgan fingerprint density at radius 2 is 2.09 bits per heavy atom. The van der Waals surface area contributed by atoms with Crippen LogP contribution in [0.2, 0.25) is 0 Å². The summed E-state index contributed by atoms with van der Waals surface area (Å²) in [7, 11) is 0. The number of furan rings is 1. The molecule has 1 atom stereocenters. The van der Waals surface area contributed by atoms with E-state index < -0.39 is 6.01 Å². The van der Waals surface area contributed by atoms with Crippen LogP contribution in [0, 0.1) is 11.9 Å². The van der Waals surface area contributed by atoms with Gasteiger partial charge in [0.05, 0.1) is 6.04 Å². The first-order valence-corrected chi connectivity index (χ1v) is 3.62. The van der Waals surface area contributed by atoms with Gasteiger partial charge in [-0.1, -0.05) is 13.8 Å². The lowest BCUT2D eigenvalue weighted by atomic mass is 10.0. The number of rotatable bonds is 2. The molecule has 1 aromatic rings.